The van der Waals surface area contributed by atoms with Gasteiger partial charge in [-0.15, -0.1) is 0 Å². The van der Waals surface area contributed by atoms with Crippen molar-refractivity contribution in [3.05, 3.63) is 42.0 Å². The molecule has 0 amide bonds. The largest absolute Gasteiger partial charge is 0.497 e. The first-order valence-corrected chi connectivity index (χ1v) is 5.24. The molecule has 0 saturated heterocycles. The highest BCUT2D eigenvalue weighted by Gasteiger charge is 2.11. The van der Waals surface area contributed by atoms with E-state index in [9.17, 15) is 0 Å². The standard InChI is InChI=1S/C14H20O/c1-11(15-5)13-8-6-12(7-9-13)10-14(2,3)4/h6-9H,1,10H2,2-5H3. The summed E-state index contributed by atoms with van der Waals surface area (Å²) in [6.07, 6.45) is 1.09. The zero-order valence-corrected chi connectivity index (χ0v) is 10.1. The maximum absolute atomic E-state index is 5.08. The van der Waals surface area contributed by atoms with Crippen LogP contribution in [0, 0.1) is 5.41 Å². The molecule has 0 aliphatic rings. The van der Waals surface area contributed by atoms with Crippen molar-refractivity contribution in [1.29, 1.82) is 0 Å². The molecule has 0 saturated carbocycles. The van der Waals surface area contributed by atoms with Gasteiger partial charge in [0.1, 0.15) is 5.76 Å². The van der Waals surface area contributed by atoms with Gasteiger partial charge < -0.3 is 4.74 Å². The number of hydrogen-bond donors (Lipinski definition) is 0. The maximum atomic E-state index is 5.08. The quantitative estimate of drug-likeness (QED) is 0.679. The molecule has 1 aromatic carbocycles. The van der Waals surface area contributed by atoms with Gasteiger partial charge in [0.2, 0.25) is 0 Å². The van der Waals surface area contributed by atoms with Gasteiger partial charge in [-0.05, 0) is 17.4 Å². The molecule has 82 valence electrons. The minimum absolute atomic E-state index is 0.333. The summed E-state index contributed by atoms with van der Waals surface area (Å²) in [5.41, 5.74) is 2.74. The molecule has 0 heterocycles. The molecule has 0 radical (unpaired) electrons. The number of benzene rings is 1. The fourth-order valence-corrected chi connectivity index (χ4v) is 1.54. The van der Waals surface area contributed by atoms with E-state index in [0.717, 1.165) is 17.7 Å². The molecule has 1 aromatic rings. The van der Waals surface area contributed by atoms with Crippen LogP contribution in [0.3, 0.4) is 0 Å². The average molecular weight is 204 g/mol. The van der Waals surface area contributed by atoms with E-state index in [-0.39, 0.29) is 0 Å². The zero-order valence-electron chi connectivity index (χ0n) is 10.1. The number of hydrogen-bond acceptors (Lipinski definition) is 1. The molecule has 1 heteroatoms. The van der Waals surface area contributed by atoms with E-state index < -0.39 is 0 Å². The van der Waals surface area contributed by atoms with E-state index in [1.54, 1.807) is 7.11 Å². The Labute approximate surface area is 92.8 Å². The van der Waals surface area contributed by atoms with Crippen molar-refractivity contribution in [2.75, 3.05) is 7.11 Å². The van der Waals surface area contributed by atoms with Gasteiger partial charge in [0.25, 0.3) is 0 Å². The molecule has 0 aromatic heterocycles. The van der Waals surface area contributed by atoms with Gasteiger partial charge in [-0.2, -0.15) is 0 Å². The molecule has 0 N–H and O–H groups in total. The monoisotopic (exact) mass is 204 g/mol. The lowest BCUT2D eigenvalue weighted by Crippen LogP contribution is -2.08. The molecule has 0 aliphatic heterocycles. The van der Waals surface area contributed by atoms with Crippen LogP contribution in [0.5, 0.6) is 0 Å². The van der Waals surface area contributed by atoms with Crippen molar-refractivity contribution < 1.29 is 4.74 Å². The van der Waals surface area contributed by atoms with Crippen molar-refractivity contribution >= 4 is 5.76 Å². The summed E-state index contributed by atoms with van der Waals surface area (Å²) in [5.74, 6) is 0.720. The van der Waals surface area contributed by atoms with Gasteiger partial charge in [0.05, 0.1) is 7.11 Å². The fourth-order valence-electron chi connectivity index (χ4n) is 1.54. The van der Waals surface area contributed by atoms with E-state index >= 15 is 0 Å². The van der Waals surface area contributed by atoms with E-state index in [1.807, 2.05) is 0 Å². The second-order valence-electron chi connectivity index (χ2n) is 5.06. The third kappa shape index (κ3) is 3.78. The zero-order chi connectivity index (χ0) is 11.5. The molecule has 0 fully saturated rings. The van der Waals surface area contributed by atoms with Gasteiger partial charge in [-0.25, -0.2) is 0 Å². The fraction of sp³-hybridized carbons (Fsp3) is 0.429. The van der Waals surface area contributed by atoms with Crippen LogP contribution in [-0.2, 0) is 11.2 Å². The van der Waals surface area contributed by atoms with Gasteiger partial charge in [-0.3, -0.25) is 0 Å². The van der Waals surface area contributed by atoms with Gasteiger partial charge in [-0.1, -0.05) is 51.6 Å². The Kier molecular flexibility index (Phi) is 3.57. The Morgan fingerprint density at radius 2 is 1.73 bits per heavy atom. The van der Waals surface area contributed by atoms with E-state index in [4.69, 9.17) is 4.74 Å². The van der Waals surface area contributed by atoms with Gasteiger partial charge in [0.15, 0.2) is 0 Å². The summed E-state index contributed by atoms with van der Waals surface area (Å²) in [6, 6.07) is 8.41. The van der Waals surface area contributed by atoms with Gasteiger partial charge in [0, 0.05) is 5.56 Å². The Morgan fingerprint density at radius 3 is 2.13 bits per heavy atom. The Balaban J connectivity index is 2.77. The Bertz CT molecular complexity index is 327. The summed E-state index contributed by atoms with van der Waals surface area (Å²) in [4.78, 5) is 0. The highest BCUT2D eigenvalue weighted by atomic mass is 16.5. The van der Waals surface area contributed by atoms with Crippen LogP contribution < -0.4 is 0 Å². The van der Waals surface area contributed by atoms with Crippen molar-refractivity contribution in [3.8, 4) is 0 Å². The second kappa shape index (κ2) is 4.52. The lowest BCUT2D eigenvalue weighted by Gasteiger charge is -2.18. The van der Waals surface area contributed by atoms with E-state index in [0.29, 0.717) is 5.41 Å². The van der Waals surface area contributed by atoms with Crippen molar-refractivity contribution in [3.63, 3.8) is 0 Å². The minimum Gasteiger partial charge on any atom is -0.497 e. The predicted molar refractivity (Wildman–Crippen MR) is 65.6 cm³/mol. The van der Waals surface area contributed by atoms with Crippen LogP contribution in [0.4, 0.5) is 0 Å². The number of rotatable bonds is 3. The molecular formula is C14H20O. The van der Waals surface area contributed by atoms with Crippen LogP contribution in [-0.4, -0.2) is 7.11 Å². The Morgan fingerprint density at radius 1 is 1.20 bits per heavy atom. The smallest absolute Gasteiger partial charge is 0.118 e. The van der Waals surface area contributed by atoms with Crippen molar-refractivity contribution in [2.24, 2.45) is 5.41 Å². The summed E-state index contributed by atoms with van der Waals surface area (Å²) < 4.78 is 5.08. The summed E-state index contributed by atoms with van der Waals surface area (Å²) in [5, 5.41) is 0. The molecule has 0 unspecified atom stereocenters. The summed E-state index contributed by atoms with van der Waals surface area (Å²) in [6.45, 7) is 10.6. The van der Waals surface area contributed by atoms with Crippen LogP contribution in [0.2, 0.25) is 0 Å². The van der Waals surface area contributed by atoms with Crippen LogP contribution >= 0.6 is 0 Å². The molecule has 1 rings (SSSR count). The van der Waals surface area contributed by atoms with Crippen LogP contribution in [0.25, 0.3) is 5.76 Å². The first-order chi connectivity index (χ1) is 6.92. The topological polar surface area (TPSA) is 9.23 Å². The van der Waals surface area contributed by atoms with Crippen LogP contribution in [0.1, 0.15) is 31.9 Å². The third-order valence-corrected chi connectivity index (χ3v) is 2.26. The highest BCUT2D eigenvalue weighted by molar-refractivity contribution is 5.57. The molecule has 15 heavy (non-hydrogen) atoms. The van der Waals surface area contributed by atoms with E-state index in [2.05, 4.69) is 51.6 Å². The number of methoxy groups -OCH3 is 1. The summed E-state index contributed by atoms with van der Waals surface area (Å²) in [7, 11) is 1.64. The van der Waals surface area contributed by atoms with E-state index in [1.165, 1.54) is 5.56 Å². The molecule has 1 nitrogen and oxygen atoms in total. The molecular weight excluding hydrogens is 184 g/mol. The highest BCUT2D eigenvalue weighted by Crippen LogP contribution is 2.22. The average Bonchev–Trinajstić information content (AvgIpc) is 2.15. The van der Waals surface area contributed by atoms with Gasteiger partial charge >= 0.3 is 0 Å². The SMILES string of the molecule is C=C(OC)c1ccc(CC(C)(C)C)cc1. The molecule has 0 bridgehead atoms. The molecule has 0 spiro atoms. The molecule has 0 aliphatic carbocycles. The minimum atomic E-state index is 0.333. The molecule has 0 atom stereocenters. The number of ether oxygens (including phenoxy) is 1. The normalized spacial score (nSPS) is 11.2. The first-order valence-electron chi connectivity index (χ1n) is 5.24. The lowest BCUT2D eigenvalue weighted by atomic mass is 9.88. The van der Waals surface area contributed by atoms with Crippen molar-refractivity contribution in [2.45, 2.75) is 27.2 Å². The second-order valence-corrected chi connectivity index (χ2v) is 5.06. The van der Waals surface area contributed by atoms with Crippen LogP contribution in [0.15, 0.2) is 30.8 Å². The Hall–Kier alpha value is -1.24. The lowest BCUT2D eigenvalue weighted by molar-refractivity contribution is 0.371. The van der Waals surface area contributed by atoms with Crippen molar-refractivity contribution in [1.82, 2.24) is 0 Å². The third-order valence-electron chi connectivity index (χ3n) is 2.26. The summed E-state index contributed by atoms with van der Waals surface area (Å²) >= 11 is 0. The maximum Gasteiger partial charge on any atom is 0.118 e. The predicted octanol–water partition coefficient (Wildman–Crippen LogP) is 3.89. The first kappa shape index (κ1) is 11.8.